The van der Waals surface area contributed by atoms with Gasteiger partial charge in [0.25, 0.3) is 0 Å². The van der Waals surface area contributed by atoms with Crippen LogP contribution < -0.4 is 29.0 Å². The van der Waals surface area contributed by atoms with Crippen molar-refractivity contribution in [3.05, 3.63) is 72.3 Å². The summed E-state index contributed by atoms with van der Waals surface area (Å²) < 4.78 is 29.1. The topological polar surface area (TPSA) is 78.4 Å². The van der Waals surface area contributed by atoms with Crippen LogP contribution in [0.2, 0.25) is 0 Å². The lowest BCUT2D eigenvalue weighted by molar-refractivity contribution is 0.0197. The number of hydrogen-bond donors (Lipinski definition) is 2. The molecule has 0 aromatic heterocycles. The average molecular weight is 437 g/mol. The standard InChI is InChI=1S/C25H27NO6/c1-28-21-8-5-9-22(29-2)25(21)30-15-14-26-16-23-24(17-10-12-18(27)13-11-17)32-20-7-4-3-6-19(20)31-23/h3-13,23-24,26-27H,14-16H2,1-2H3/t23-,24+/m1/s1. The van der Waals surface area contributed by atoms with Gasteiger partial charge >= 0.3 is 0 Å². The Kier molecular flexibility index (Phi) is 6.87. The van der Waals surface area contributed by atoms with Gasteiger partial charge in [0.2, 0.25) is 5.75 Å². The van der Waals surface area contributed by atoms with Crippen molar-refractivity contribution in [2.75, 3.05) is 33.9 Å². The second-order valence-corrected chi connectivity index (χ2v) is 7.28. The molecule has 1 aliphatic rings. The van der Waals surface area contributed by atoms with Crippen LogP contribution in [0.15, 0.2) is 66.7 Å². The van der Waals surface area contributed by atoms with Gasteiger partial charge < -0.3 is 34.1 Å². The minimum absolute atomic E-state index is 0.212. The monoisotopic (exact) mass is 437 g/mol. The molecule has 0 unspecified atom stereocenters. The first-order chi connectivity index (χ1) is 15.7. The lowest BCUT2D eigenvalue weighted by atomic mass is 10.0. The number of benzene rings is 3. The van der Waals surface area contributed by atoms with Gasteiger partial charge in [0.15, 0.2) is 35.2 Å². The minimum Gasteiger partial charge on any atom is -0.508 e. The number of phenolic OH excluding ortho intramolecular Hbond substituents is 1. The molecule has 0 radical (unpaired) electrons. The molecular formula is C25H27NO6. The van der Waals surface area contributed by atoms with Crippen LogP contribution in [0.25, 0.3) is 0 Å². The first kappa shape index (κ1) is 21.6. The van der Waals surface area contributed by atoms with Gasteiger partial charge in [-0.05, 0) is 42.0 Å². The van der Waals surface area contributed by atoms with E-state index in [1.54, 1.807) is 26.4 Å². The van der Waals surface area contributed by atoms with Gasteiger partial charge in [-0.1, -0.05) is 30.3 Å². The molecule has 3 aromatic rings. The van der Waals surface area contributed by atoms with Gasteiger partial charge in [-0.3, -0.25) is 0 Å². The van der Waals surface area contributed by atoms with Gasteiger partial charge in [-0.25, -0.2) is 0 Å². The predicted molar refractivity (Wildman–Crippen MR) is 120 cm³/mol. The second kappa shape index (κ2) is 10.2. The lowest BCUT2D eigenvalue weighted by Crippen LogP contribution is -2.42. The molecule has 1 heterocycles. The minimum atomic E-state index is -0.312. The van der Waals surface area contributed by atoms with Crippen LogP contribution in [0.4, 0.5) is 0 Å². The van der Waals surface area contributed by atoms with E-state index in [0.29, 0.717) is 48.4 Å². The number of phenols is 1. The van der Waals surface area contributed by atoms with Crippen LogP contribution in [0.1, 0.15) is 11.7 Å². The van der Waals surface area contributed by atoms with E-state index in [0.717, 1.165) is 5.56 Å². The molecule has 32 heavy (non-hydrogen) atoms. The summed E-state index contributed by atoms with van der Waals surface area (Å²) in [5.41, 5.74) is 0.930. The number of aromatic hydroxyl groups is 1. The van der Waals surface area contributed by atoms with Gasteiger partial charge in [-0.15, -0.1) is 0 Å². The van der Waals surface area contributed by atoms with Crippen molar-refractivity contribution >= 4 is 0 Å². The van der Waals surface area contributed by atoms with E-state index in [4.69, 9.17) is 23.7 Å². The predicted octanol–water partition coefficient (Wildman–Crippen LogP) is 3.96. The zero-order valence-electron chi connectivity index (χ0n) is 18.1. The van der Waals surface area contributed by atoms with Crippen LogP contribution >= 0.6 is 0 Å². The molecule has 0 fully saturated rings. The Morgan fingerprint density at radius 3 is 2.16 bits per heavy atom. The van der Waals surface area contributed by atoms with Crippen LogP contribution in [-0.4, -0.2) is 45.1 Å². The molecule has 2 atom stereocenters. The third-order valence-electron chi connectivity index (χ3n) is 5.19. The first-order valence-electron chi connectivity index (χ1n) is 10.5. The number of para-hydroxylation sites is 3. The van der Waals surface area contributed by atoms with Crippen molar-refractivity contribution in [1.29, 1.82) is 0 Å². The SMILES string of the molecule is COc1cccc(OC)c1OCCNC[C@H]1Oc2ccccc2O[C@H]1c1ccc(O)cc1. The molecule has 2 N–H and O–H groups in total. The summed E-state index contributed by atoms with van der Waals surface area (Å²) in [4.78, 5) is 0. The zero-order chi connectivity index (χ0) is 22.3. The van der Waals surface area contributed by atoms with E-state index >= 15 is 0 Å². The maximum Gasteiger partial charge on any atom is 0.203 e. The Hall–Kier alpha value is -3.58. The van der Waals surface area contributed by atoms with Crippen molar-refractivity contribution in [3.63, 3.8) is 0 Å². The molecular weight excluding hydrogens is 410 g/mol. The molecule has 0 amide bonds. The quantitative estimate of drug-likeness (QED) is 0.491. The number of nitrogens with one attached hydrogen (secondary N) is 1. The third kappa shape index (κ3) is 4.84. The highest BCUT2D eigenvalue weighted by Crippen LogP contribution is 2.39. The molecule has 0 saturated carbocycles. The second-order valence-electron chi connectivity index (χ2n) is 7.28. The van der Waals surface area contributed by atoms with Gasteiger partial charge in [0.1, 0.15) is 12.4 Å². The molecule has 4 rings (SSSR count). The van der Waals surface area contributed by atoms with Crippen LogP contribution in [0.3, 0.4) is 0 Å². The van der Waals surface area contributed by atoms with E-state index in [2.05, 4.69) is 5.32 Å². The summed E-state index contributed by atoms with van der Waals surface area (Å²) in [7, 11) is 3.20. The Bertz CT molecular complexity index is 1000. The zero-order valence-corrected chi connectivity index (χ0v) is 18.1. The van der Waals surface area contributed by atoms with Gasteiger partial charge in [-0.2, -0.15) is 0 Å². The Morgan fingerprint density at radius 2 is 1.50 bits per heavy atom. The highest BCUT2D eigenvalue weighted by atomic mass is 16.6. The Morgan fingerprint density at radius 1 is 0.844 bits per heavy atom. The maximum atomic E-state index is 9.63. The van der Waals surface area contributed by atoms with Crippen LogP contribution in [0, 0.1) is 0 Å². The highest BCUT2D eigenvalue weighted by Gasteiger charge is 2.32. The van der Waals surface area contributed by atoms with E-state index in [1.165, 1.54) is 0 Å². The number of hydrogen-bond acceptors (Lipinski definition) is 7. The summed E-state index contributed by atoms with van der Waals surface area (Å²) >= 11 is 0. The molecule has 168 valence electrons. The molecule has 1 aliphatic heterocycles. The van der Waals surface area contributed by atoms with Gasteiger partial charge in [0.05, 0.1) is 14.2 Å². The van der Waals surface area contributed by atoms with Crippen molar-refractivity contribution in [1.82, 2.24) is 5.32 Å². The smallest absolute Gasteiger partial charge is 0.203 e. The number of rotatable bonds is 9. The fraction of sp³-hybridized carbons (Fsp3) is 0.280. The third-order valence-corrected chi connectivity index (χ3v) is 5.19. The summed E-state index contributed by atoms with van der Waals surface area (Å²) in [6.07, 6.45) is -0.566. The van der Waals surface area contributed by atoms with Crippen LogP contribution in [-0.2, 0) is 0 Å². The molecule has 0 aliphatic carbocycles. The number of ether oxygens (including phenoxy) is 5. The van der Waals surface area contributed by atoms with E-state index in [1.807, 2.05) is 54.6 Å². The average Bonchev–Trinajstić information content (AvgIpc) is 2.83. The van der Waals surface area contributed by atoms with Gasteiger partial charge in [0, 0.05) is 13.1 Å². The van der Waals surface area contributed by atoms with Crippen molar-refractivity contribution < 1.29 is 28.8 Å². The van der Waals surface area contributed by atoms with E-state index in [9.17, 15) is 5.11 Å². The Balaban J connectivity index is 1.38. The molecule has 3 aromatic carbocycles. The van der Waals surface area contributed by atoms with E-state index < -0.39 is 0 Å². The molecule has 0 saturated heterocycles. The largest absolute Gasteiger partial charge is 0.508 e. The summed E-state index contributed by atoms with van der Waals surface area (Å²) in [6.45, 7) is 1.56. The fourth-order valence-electron chi connectivity index (χ4n) is 3.61. The Labute approximate surface area is 187 Å². The first-order valence-corrected chi connectivity index (χ1v) is 10.5. The van der Waals surface area contributed by atoms with E-state index in [-0.39, 0.29) is 18.0 Å². The molecule has 0 bridgehead atoms. The molecule has 0 spiro atoms. The lowest BCUT2D eigenvalue weighted by Gasteiger charge is -2.34. The van der Waals surface area contributed by atoms with Crippen molar-refractivity contribution in [2.24, 2.45) is 0 Å². The summed E-state index contributed by atoms with van der Waals surface area (Å²) in [5.74, 6) is 3.45. The van der Waals surface area contributed by atoms with Crippen molar-refractivity contribution in [2.45, 2.75) is 12.2 Å². The molecule has 7 heteroatoms. The highest BCUT2D eigenvalue weighted by molar-refractivity contribution is 5.51. The fourth-order valence-corrected chi connectivity index (χ4v) is 3.61. The summed E-state index contributed by atoms with van der Waals surface area (Å²) in [6, 6.07) is 20.1. The van der Waals surface area contributed by atoms with Crippen molar-refractivity contribution in [3.8, 4) is 34.5 Å². The normalized spacial score (nSPS) is 16.9. The number of fused-ring (bicyclic) bond motifs is 1. The maximum absolute atomic E-state index is 9.63. The summed E-state index contributed by atoms with van der Waals surface area (Å²) in [5, 5.41) is 13.0. The molecule has 7 nitrogen and oxygen atoms in total. The number of methoxy groups -OCH3 is 2. The van der Waals surface area contributed by atoms with Crippen LogP contribution in [0.5, 0.6) is 34.5 Å².